The summed E-state index contributed by atoms with van der Waals surface area (Å²) in [6.45, 7) is 3.55. The molecule has 1 aromatic rings. The Hall–Kier alpha value is -0.900. The van der Waals surface area contributed by atoms with Gasteiger partial charge in [0.25, 0.3) is 0 Å². The third-order valence-electron chi connectivity index (χ3n) is 3.42. The highest BCUT2D eigenvalue weighted by molar-refractivity contribution is 5.28. The molecule has 1 atom stereocenters. The summed E-state index contributed by atoms with van der Waals surface area (Å²) in [5.41, 5.74) is 2.94. The van der Waals surface area contributed by atoms with Crippen LogP contribution < -0.4 is 5.32 Å². The molecule has 2 N–H and O–H groups in total. The third-order valence-corrected chi connectivity index (χ3v) is 3.42. The maximum absolute atomic E-state index is 9.81. The molecule has 0 spiro atoms. The molecule has 1 aliphatic rings. The zero-order valence-electron chi connectivity index (χ0n) is 10.5. The van der Waals surface area contributed by atoms with Crippen LogP contribution >= 0.6 is 0 Å². The molecule has 0 saturated carbocycles. The minimum absolute atomic E-state index is 0.263. The van der Waals surface area contributed by atoms with E-state index < -0.39 is 0 Å². The molecule has 0 bridgehead atoms. The van der Waals surface area contributed by atoms with E-state index in [1.807, 2.05) is 7.05 Å². The minimum atomic E-state index is -0.263. The number of aliphatic hydroxyl groups excluding tert-OH is 1. The molecule has 3 nitrogen and oxygen atoms in total. The maximum atomic E-state index is 9.81. The fraction of sp³-hybridized carbons (Fsp3) is 0.571. The van der Waals surface area contributed by atoms with Crippen molar-refractivity contribution in [2.75, 3.05) is 33.2 Å². The van der Waals surface area contributed by atoms with Crippen molar-refractivity contribution in [3.05, 3.63) is 35.4 Å². The van der Waals surface area contributed by atoms with Gasteiger partial charge in [0.05, 0.1) is 6.10 Å². The smallest absolute Gasteiger partial charge is 0.0791 e. The Morgan fingerprint density at radius 1 is 1.24 bits per heavy atom. The first kappa shape index (κ1) is 12.6. The van der Waals surface area contributed by atoms with Crippen molar-refractivity contribution in [1.82, 2.24) is 10.2 Å². The third kappa shape index (κ3) is 3.53. The highest BCUT2D eigenvalue weighted by atomic mass is 16.3. The Balaban J connectivity index is 1.90. The van der Waals surface area contributed by atoms with Gasteiger partial charge in [-0.1, -0.05) is 24.3 Å². The number of aliphatic hydroxyl groups is 1. The number of hydrogen-bond acceptors (Lipinski definition) is 3. The Bertz CT molecular complexity index is 327. The molecule has 1 aliphatic heterocycles. The first-order valence-electron chi connectivity index (χ1n) is 6.41. The van der Waals surface area contributed by atoms with Crippen LogP contribution in [0.5, 0.6) is 0 Å². The summed E-state index contributed by atoms with van der Waals surface area (Å²) in [6, 6.07) is 8.68. The molecule has 0 radical (unpaired) electrons. The van der Waals surface area contributed by atoms with Gasteiger partial charge < -0.3 is 15.3 Å². The lowest BCUT2D eigenvalue weighted by atomic mass is 10.0. The van der Waals surface area contributed by atoms with Gasteiger partial charge in [-0.3, -0.25) is 0 Å². The van der Waals surface area contributed by atoms with E-state index in [1.54, 1.807) is 0 Å². The van der Waals surface area contributed by atoms with E-state index in [2.05, 4.69) is 34.5 Å². The summed E-state index contributed by atoms with van der Waals surface area (Å²) in [4.78, 5) is 2.36. The van der Waals surface area contributed by atoms with Gasteiger partial charge in [0.1, 0.15) is 0 Å². The number of nitrogens with zero attached hydrogens (tertiary/aromatic N) is 1. The van der Waals surface area contributed by atoms with Gasteiger partial charge in [-0.25, -0.2) is 0 Å². The zero-order valence-corrected chi connectivity index (χ0v) is 10.5. The van der Waals surface area contributed by atoms with Gasteiger partial charge in [-0.2, -0.15) is 0 Å². The first-order chi connectivity index (χ1) is 8.29. The molecule has 0 fully saturated rings. The normalized spacial score (nSPS) is 18.5. The average molecular weight is 234 g/mol. The maximum Gasteiger partial charge on any atom is 0.0791 e. The van der Waals surface area contributed by atoms with Gasteiger partial charge in [0.15, 0.2) is 0 Å². The lowest BCUT2D eigenvalue weighted by molar-refractivity contribution is 0.115. The van der Waals surface area contributed by atoms with E-state index in [0.717, 1.165) is 32.5 Å². The fourth-order valence-corrected chi connectivity index (χ4v) is 2.50. The molecule has 0 unspecified atom stereocenters. The van der Waals surface area contributed by atoms with Gasteiger partial charge in [0.2, 0.25) is 0 Å². The second kappa shape index (κ2) is 6.15. The molecule has 0 amide bonds. The molecule has 2 rings (SSSR count). The highest BCUT2D eigenvalue weighted by Gasteiger charge is 2.15. The van der Waals surface area contributed by atoms with Crippen LogP contribution in [0.15, 0.2) is 24.3 Å². The number of likely N-dealkylation sites (N-methyl/N-ethyl adjacent to an activating group) is 1. The molecule has 1 heterocycles. The largest absolute Gasteiger partial charge is 0.390 e. The van der Waals surface area contributed by atoms with Gasteiger partial charge >= 0.3 is 0 Å². The van der Waals surface area contributed by atoms with Gasteiger partial charge in [-0.05, 0) is 31.0 Å². The molecule has 3 heteroatoms. The van der Waals surface area contributed by atoms with E-state index in [4.69, 9.17) is 0 Å². The van der Waals surface area contributed by atoms with Crippen LogP contribution in [0.3, 0.4) is 0 Å². The number of fused-ring (bicyclic) bond motifs is 1. The van der Waals surface area contributed by atoms with Crippen molar-refractivity contribution in [1.29, 1.82) is 0 Å². The van der Waals surface area contributed by atoms with E-state index >= 15 is 0 Å². The summed E-state index contributed by atoms with van der Waals surface area (Å²) in [5, 5.41) is 12.8. The SMILES string of the molecule is CNC[C@H](O)CN1CCc2ccccc2CC1. The second-order valence-electron chi connectivity index (χ2n) is 4.78. The average Bonchev–Trinajstić information content (AvgIpc) is 2.53. The Morgan fingerprint density at radius 2 is 1.82 bits per heavy atom. The minimum Gasteiger partial charge on any atom is -0.390 e. The number of rotatable bonds is 4. The van der Waals surface area contributed by atoms with E-state index in [-0.39, 0.29) is 6.10 Å². The molecule has 1 aromatic carbocycles. The highest BCUT2D eigenvalue weighted by Crippen LogP contribution is 2.15. The first-order valence-corrected chi connectivity index (χ1v) is 6.41. The van der Waals surface area contributed by atoms with E-state index in [0.29, 0.717) is 6.54 Å². The standard InChI is InChI=1S/C14H22N2O/c1-15-10-14(17)11-16-8-6-12-4-2-3-5-13(12)7-9-16/h2-5,14-15,17H,6-11H2,1H3/t14-/m0/s1. The Morgan fingerprint density at radius 3 is 2.35 bits per heavy atom. The van der Waals surface area contributed by atoms with Crippen LogP contribution in [0.2, 0.25) is 0 Å². The van der Waals surface area contributed by atoms with Crippen LogP contribution in [0.4, 0.5) is 0 Å². The molecule has 94 valence electrons. The monoisotopic (exact) mass is 234 g/mol. The quantitative estimate of drug-likeness (QED) is 0.804. The lowest BCUT2D eigenvalue weighted by Gasteiger charge is -2.22. The van der Waals surface area contributed by atoms with Crippen LogP contribution in [0, 0.1) is 0 Å². The second-order valence-corrected chi connectivity index (χ2v) is 4.78. The van der Waals surface area contributed by atoms with Crippen LogP contribution in [-0.2, 0) is 12.8 Å². The predicted octanol–water partition coefficient (Wildman–Crippen LogP) is 0.667. The summed E-state index contributed by atoms with van der Waals surface area (Å²) in [6.07, 6.45) is 1.94. The Labute approximate surface area is 103 Å². The predicted molar refractivity (Wildman–Crippen MR) is 70.2 cm³/mol. The van der Waals surface area contributed by atoms with Crippen molar-refractivity contribution >= 4 is 0 Å². The number of benzene rings is 1. The molecule has 0 aliphatic carbocycles. The number of nitrogens with one attached hydrogen (secondary N) is 1. The molecule has 17 heavy (non-hydrogen) atoms. The van der Waals surface area contributed by atoms with Crippen molar-refractivity contribution in [3.63, 3.8) is 0 Å². The molecule has 0 saturated heterocycles. The fourth-order valence-electron chi connectivity index (χ4n) is 2.50. The van der Waals surface area contributed by atoms with Gasteiger partial charge in [-0.15, -0.1) is 0 Å². The van der Waals surface area contributed by atoms with Crippen LogP contribution in [0.25, 0.3) is 0 Å². The Kier molecular flexibility index (Phi) is 4.54. The van der Waals surface area contributed by atoms with Gasteiger partial charge in [0, 0.05) is 26.2 Å². The van der Waals surface area contributed by atoms with Crippen molar-refractivity contribution in [2.24, 2.45) is 0 Å². The summed E-state index contributed by atoms with van der Waals surface area (Å²) >= 11 is 0. The summed E-state index contributed by atoms with van der Waals surface area (Å²) in [7, 11) is 1.88. The summed E-state index contributed by atoms with van der Waals surface area (Å²) in [5.74, 6) is 0. The number of hydrogen-bond donors (Lipinski definition) is 2. The van der Waals surface area contributed by atoms with Crippen LogP contribution in [-0.4, -0.2) is 49.3 Å². The number of β-amino-alcohol motifs (C(OH)–C–C–N with tert-alkyl or cyclic N) is 1. The van der Waals surface area contributed by atoms with E-state index in [9.17, 15) is 5.11 Å². The van der Waals surface area contributed by atoms with Crippen molar-refractivity contribution < 1.29 is 5.11 Å². The van der Waals surface area contributed by atoms with E-state index in [1.165, 1.54) is 11.1 Å². The topological polar surface area (TPSA) is 35.5 Å². The van der Waals surface area contributed by atoms with Crippen molar-refractivity contribution in [3.8, 4) is 0 Å². The van der Waals surface area contributed by atoms with Crippen LogP contribution in [0.1, 0.15) is 11.1 Å². The zero-order chi connectivity index (χ0) is 12.1. The molecular weight excluding hydrogens is 212 g/mol. The molecule has 0 aromatic heterocycles. The van der Waals surface area contributed by atoms with Crippen molar-refractivity contribution in [2.45, 2.75) is 18.9 Å². The summed E-state index contributed by atoms with van der Waals surface area (Å²) < 4.78 is 0. The molecular formula is C14H22N2O. The lowest BCUT2D eigenvalue weighted by Crippen LogP contribution is -2.38.